The molecule has 0 aliphatic rings. The summed E-state index contributed by atoms with van der Waals surface area (Å²) in [4.78, 5) is 4.64. The number of hydrogen-bond acceptors (Lipinski definition) is 4. The zero-order valence-corrected chi connectivity index (χ0v) is 14.6. The molecule has 0 saturated heterocycles. The van der Waals surface area contributed by atoms with E-state index in [-0.39, 0.29) is 0 Å². The number of hydrogen-bond donors (Lipinski definition) is 1. The van der Waals surface area contributed by atoms with Gasteiger partial charge in [0.05, 0.1) is 5.52 Å². The molecule has 0 saturated carbocycles. The smallest absolute Gasteiger partial charge is 0.133 e. The van der Waals surface area contributed by atoms with E-state index in [1.165, 1.54) is 5.56 Å². The zero-order valence-electron chi connectivity index (χ0n) is 14.6. The van der Waals surface area contributed by atoms with Gasteiger partial charge in [-0.25, -0.2) is 4.98 Å². The molecule has 1 N–H and O–H groups in total. The van der Waals surface area contributed by atoms with Gasteiger partial charge in [-0.3, -0.25) is 5.10 Å². The molecule has 0 aliphatic carbocycles. The second-order valence-electron chi connectivity index (χ2n) is 6.51. The summed E-state index contributed by atoms with van der Waals surface area (Å²) in [7, 11) is 1.97. The number of rotatable bonds is 4. The molecule has 0 bridgehead atoms. The van der Waals surface area contributed by atoms with Crippen LogP contribution in [0.25, 0.3) is 22.3 Å². The van der Waals surface area contributed by atoms with Crippen LogP contribution in [0, 0.1) is 6.92 Å². The molecule has 0 aliphatic heterocycles. The predicted octanol–water partition coefficient (Wildman–Crippen LogP) is 3.41. The highest BCUT2D eigenvalue weighted by atomic mass is 15.2. The Balaban J connectivity index is 1.69. The van der Waals surface area contributed by atoms with E-state index in [0.717, 1.165) is 40.2 Å². The molecular formula is C19H20N6. The van der Waals surface area contributed by atoms with Crippen molar-refractivity contribution in [3.8, 4) is 11.3 Å². The van der Waals surface area contributed by atoms with Gasteiger partial charge >= 0.3 is 0 Å². The van der Waals surface area contributed by atoms with Crippen LogP contribution in [0.1, 0.15) is 29.9 Å². The fourth-order valence-electron chi connectivity index (χ4n) is 3.07. The molecule has 0 unspecified atom stereocenters. The van der Waals surface area contributed by atoms with Crippen LogP contribution < -0.4 is 0 Å². The molecule has 0 spiro atoms. The highest BCUT2D eigenvalue weighted by molar-refractivity contribution is 5.89. The van der Waals surface area contributed by atoms with Crippen molar-refractivity contribution in [3.05, 3.63) is 59.8 Å². The minimum absolute atomic E-state index is 0.336. The Kier molecular flexibility index (Phi) is 3.80. The molecule has 6 heteroatoms. The highest BCUT2D eigenvalue weighted by Gasteiger charge is 2.14. The van der Waals surface area contributed by atoms with Crippen molar-refractivity contribution in [2.75, 3.05) is 0 Å². The van der Waals surface area contributed by atoms with Crippen molar-refractivity contribution in [1.29, 1.82) is 0 Å². The first-order valence-electron chi connectivity index (χ1n) is 8.37. The molecule has 25 heavy (non-hydrogen) atoms. The van der Waals surface area contributed by atoms with Gasteiger partial charge in [0.1, 0.15) is 23.4 Å². The molecule has 6 nitrogen and oxygen atoms in total. The van der Waals surface area contributed by atoms with E-state index in [0.29, 0.717) is 5.92 Å². The van der Waals surface area contributed by atoms with Gasteiger partial charge in [0.2, 0.25) is 0 Å². The summed E-state index contributed by atoms with van der Waals surface area (Å²) < 4.78 is 1.97. The third-order valence-corrected chi connectivity index (χ3v) is 4.57. The van der Waals surface area contributed by atoms with Gasteiger partial charge in [0, 0.05) is 24.7 Å². The lowest BCUT2D eigenvalue weighted by Crippen LogP contribution is -2.04. The van der Waals surface area contributed by atoms with Gasteiger partial charge in [0.15, 0.2) is 0 Å². The average Bonchev–Trinajstić information content (AvgIpc) is 3.21. The maximum atomic E-state index is 4.64. The van der Waals surface area contributed by atoms with Crippen LogP contribution in [-0.4, -0.2) is 29.9 Å². The normalized spacial score (nSPS) is 12.6. The standard InChI is InChI=1S/C19H20N6/c1-12(9-17-23-20-11-25(17)3)14-5-4-6-15(10-14)18-19-16(22-24-18)8-7-13(2)21-19/h4-8,10-12H,9H2,1-3H3,(H,22,24)/t12-/m1/s1. The van der Waals surface area contributed by atoms with Crippen LogP contribution in [0.4, 0.5) is 0 Å². The number of aromatic nitrogens is 6. The summed E-state index contributed by atoms with van der Waals surface area (Å²) in [5.41, 5.74) is 6.08. The molecule has 4 aromatic rings. The molecule has 1 atom stereocenters. The lowest BCUT2D eigenvalue weighted by Gasteiger charge is -2.12. The second-order valence-corrected chi connectivity index (χ2v) is 6.51. The molecule has 3 aromatic heterocycles. The van der Waals surface area contributed by atoms with Gasteiger partial charge in [-0.05, 0) is 36.6 Å². The van der Waals surface area contributed by atoms with Gasteiger partial charge in [-0.2, -0.15) is 5.10 Å². The molecule has 1 aromatic carbocycles. The summed E-state index contributed by atoms with van der Waals surface area (Å²) in [6.45, 7) is 4.20. The minimum atomic E-state index is 0.336. The number of fused-ring (bicyclic) bond motifs is 1. The lowest BCUT2D eigenvalue weighted by atomic mass is 9.95. The van der Waals surface area contributed by atoms with E-state index < -0.39 is 0 Å². The zero-order chi connectivity index (χ0) is 17.4. The monoisotopic (exact) mass is 332 g/mol. The Labute approximate surface area is 145 Å². The number of benzene rings is 1. The number of aromatic amines is 1. The summed E-state index contributed by atoms with van der Waals surface area (Å²) in [6.07, 6.45) is 2.58. The van der Waals surface area contributed by atoms with Crippen molar-refractivity contribution in [2.45, 2.75) is 26.2 Å². The first-order valence-corrected chi connectivity index (χ1v) is 8.37. The Morgan fingerprint density at radius 2 is 2.08 bits per heavy atom. The van der Waals surface area contributed by atoms with Crippen LogP contribution in [0.2, 0.25) is 0 Å². The fraction of sp³-hybridized carbons (Fsp3) is 0.263. The van der Waals surface area contributed by atoms with Crippen LogP contribution in [0.15, 0.2) is 42.7 Å². The van der Waals surface area contributed by atoms with Crippen molar-refractivity contribution >= 4 is 11.0 Å². The fourth-order valence-corrected chi connectivity index (χ4v) is 3.07. The summed E-state index contributed by atoms with van der Waals surface area (Å²) in [5, 5.41) is 15.7. The molecule has 4 rings (SSSR count). The van der Waals surface area contributed by atoms with Gasteiger partial charge in [-0.1, -0.05) is 25.1 Å². The second kappa shape index (κ2) is 6.12. The third kappa shape index (κ3) is 2.91. The van der Waals surface area contributed by atoms with Crippen LogP contribution in [0.3, 0.4) is 0 Å². The van der Waals surface area contributed by atoms with Crippen molar-refractivity contribution < 1.29 is 0 Å². The summed E-state index contributed by atoms with van der Waals surface area (Å²) in [5.74, 6) is 1.32. The maximum Gasteiger partial charge on any atom is 0.133 e. The number of nitrogens with zero attached hydrogens (tertiary/aromatic N) is 5. The van der Waals surface area contributed by atoms with E-state index in [1.54, 1.807) is 6.33 Å². The highest BCUT2D eigenvalue weighted by Crippen LogP contribution is 2.28. The largest absolute Gasteiger partial charge is 0.321 e. The predicted molar refractivity (Wildman–Crippen MR) is 97.2 cm³/mol. The summed E-state index contributed by atoms with van der Waals surface area (Å²) in [6, 6.07) is 12.5. The van der Waals surface area contributed by atoms with E-state index in [4.69, 9.17) is 0 Å². The molecular weight excluding hydrogens is 312 g/mol. The van der Waals surface area contributed by atoms with Gasteiger partial charge in [-0.15, -0.1) is 10.2 Å². The molecule has 0 fully saturated rings. The van der Waals surface area contributed by atoms with Crippen molar-refractivity contribution in [1.82, 2.24) is 29.9 Å². The SMILES string of the molecule is Cc1ccc2[nH]nc(-c3cccc([C@H](C)Cc4nncn4C)c3)c2n1. The van der Waals surface area contributed by atoms with E-state index in [9.17, 15) is 0 Å². The quantitative estimate of drug-likeness (QED) is 0.621. The lowest BCUT2D eigenvalue weighted by molar-refractivity contribution is 0.681. The van der Waals surface area contributed by atoms with Crippen LogP contribution in [0.5, 0.6) is 0 Å². The maximum absolute atomic E-state index is 4.64. The third-order valence-electron chi connectivity index (χ3n) is 4.57. The average molecular weight is 332 g/mol. The number of nitrogens with one attached hydrogen (secondary N) is 1. The van der Waals surface area contributed by atoms with E-state index in [2.05, 4.69) is 56.6 Å². The van der Waals surface area contributed by atoms with E-state index in [1.807, 2.05) is 30.7 Å². The minimum Gasteiger partial charge on any atom is -0.321 e. The van der Waals surface area contributed by atoms with Crippen molar-refractivity contribution in [2.24, 2.45) is 7.05 Å². The topological polar surface area (TPSA) is 72.3 Å². The molecule has 0 radical (unpaired) electrons. The Morgan fingerprint density at radius 1 is 1.20 bits per heavy atom. The first kappa shape index (κ1) is 15.5. The van der Waals surface area contributed by atoms with Gasteiger partial charge < -0.3 is 4.57 Å². The van der Waals surface area contributed by atoms with Crippen molar-refractivity contribution in [3.63, 3.8) is 0 Å². The Hall–Kier alpha value is -3.02. The first-order chi connectivity index (χ1) is 12.1. The summed E-state index contributed by atoms with van der Waals surface area (Å²) >= 11 is 0. The molecule has 126 valence electrons. The Bertz CT molecular complexity index is 1030. The molecule has 3 heterocycles. The van der Waals surface area contributed by atoms with Crippen LogP contribution in [-0.2, 0) is 13.5 Å². The number of aryl methyl sites for hydroxylation is 2. The molecule has 0 amide bonds. The number of pyridine rings is 1. The Morgan fingerprint density at radius 3 is 2.88 bits per heavy atom. The van der Waals surface area contributed by atoms with Gasteiger partial charge in [0.25, 0.3) is 0 Å². The number of H-pyrrole nitrogens is 1. The van der Waals surface area contributed by atoms with E-state index >= 15 is 0 Å². The van der Waals surface area contributed by atoms with Crippen LogP contribution >= 0.6 is 0 Å².